The molecule has 4 atom stereocenters. The fourth-order valence-electron chi connectivity index (χ4n) is 1.92. The van der Waals surface area contributed by atoms with Gasteiger partial charge in [0.05, 0.1) is 37.6 Å². The maximum atomic E-state index is 9.89. The van der Waals surface area contributed by atoms with Gasteiger partial charge < -0.3 is 40.1 Å². The Morgan fingerprint density at radius 1 is 0.679 bits per heavy atom. The third kappa shape index (κ3) is 12.0. The molecule has 28 heavy (non-hydrogen) atoms. The van der Waals surface area contributed by atoms with Gasteiger partial charge in [0, 0.05) is 29.1 Å². The van der Waals surface area contributed by atoms with Crippen molar-refractivity contribution < 1.29 is 40.1 Å². The first-order valence-corrected chi connectivity index (χ1v) is 11.2. The molecule has 6 N–H and O–H groups in total. The Hall–Kier alpha value is -0.720. The number of thioether (sulfide) groups is 2. The zero-order valence-corrected chi connectivity index (χ0v) is 17.2. The minimum absolute atomic E-state index is 0.0815. The molecule has 0 saturated carbocycles. The maximum absolute atomic E-state index is 9.89. The summed E-state index contributed by atoms with van der Waals surface area (Å²) in [6.07, 6.45) is -3.01. The first-order valence-electron chi connectivity index (χ1n) is 8.89. The zero-order chi connectivity index (χ0) is 20.8. The average molecular weight is 439 g/mol. The minimum atomic E-state index is -0.791. The van der Waals surface area contributed by atoms with E-state index in [-0.39, 0.29) is 26.4 Å². The molecule has 1 aromatic rings. The Morgan fingerprint density at radius 3 is 1.46 bits per heavy atom. The second-order valence-electron chi connectivity index (χ2n) is 6.15. The highest BCUT2D eigenvalue weighted by atomic mass is 32.2. The molecule has 1 aromatic carbocycles. The molecular formula is C18H30O8S2. The lowest BCUT2D eigenvalue weighted by atomic mass is 10.3. The normalized spacial score (nSPS) is 15.6. The highest BCUT2D eigenvalue weighted by Crippen LogP contribution is 2.20. The van der Waals surface area contributed by atoms with Gasteiger partial charge in [0.2, 0.25) is 0 Å². The smallest absolute Gasteiger partial charge is 0.123 e. The number of benzene rings is 1. The van der Waals surface area contributed by atoms with Crippen LogP contribution in [0.1, 0.15) is 0 Å². The summed E-state index contributed by atoms with van der Waals surface area (Å²) >= 11 is 2.66. The van der Waals surface area contributed by atoms with Gasteiger partial charge in [-0.15, -0.1) is 0 Å². The molecule has 0 aromatic heterocycles. The summed E-state index contributed by atoms with van der Waals surface area (Å²) in [5.74, 6) is 2.48. The van der Waals surface area contributed by atoms with E-state index in [2.05, 4.69) is 0 Å². The van der Waals surface area contributed by atoms with Gasteiger partial charge in [-0.3, -0.25) is 0 Å². The molecule has 0 bridgehead atoms. The monoisotopic (exact) mass is 438 g/mol. The molecule has 8 nitrogen and oxygen atoms in total. The molecule has 0 spiro atoms. The van der Waals surface area contributed by atoms with Crippen molar-refractivity contribution in [2.45, 2.75) is 24.4 Å². The second-order valence-corrected chi connectivity index (χ2v) is 8.30. The summed E-state index contributed by atoms with van der Waals surface area (Å²) in [6, 6.07) is 6.85. The third-order valence-electron chi connectivity index (χ3n) is 3.35. The Labute approximate surface area is 173 Å². The summed E-state index contributed by atoms with van der Waals surface area (Å²) in [7, 11) is 0. The van der Waals surface area contributed by atoms with Crippen molar-refractivity contribution in [1.82, 2.24) is 0 Å². The van der Waals surface area contributed by atoms with E-state index in [9.17, 15) is 20.4 Å². The van der Waals surface area contributed by atoms with E-state index in [0.717, 1.165) is 0 Å². The SMILES string of the molecule is OCC(O)CSCC(O)COc1cccc(OCC(O)CSCC(O)CO)c1. The van der Waals surface area contributed by atoms with E-state index in [1.807, 2.05) is 0 Å². The van der Waals surface area contributed by atoms with Gasteiger partial charge in [0.1, 0.15) is 24.7 Å². The van der Waals surface area contributed by atoms with E-state index < -0.39 is 24.4 Å². The van der Waals surface area contributed by atoms with Gasteiger partial charge in [0.15, 0.2) is 0 Å². The minimum Gasteiger partial charge on any atom is -0.491 e. The van der Waals surface area contributed by atoms with Crippen LogP contribution in [-0.4, -0.2) is 104 Å². The Bertz CT molecular complexity index is 481. The summed E-state index contributed by atoms with van der Waals surface area (Å²) < 4.78 is 11.1. The van der Waals surface area contributed by atoms with Crippen LogP contribution in [0.5, 0.6) is 11.5 Å². The van der Waals surface area contributed by atoms with Crippen LogP contribution < -0.4 is 9.47 Å². The van der Waals surface area contributed by atoms with E-state index in [1.54, 1.807) is 24.3 Å². The molecule has 0 amide bonds. The van der Waals surface area contributed by atoms with Crippen molar-refractivity contribution in [2.24, 2.45) is 0 Å². The van der Waals surface area contributed by atoms with Crippen LogP contribution in [0.2, 0.25) is 0 Å². The van der Waals surface area contributed by atoms with Crippen molar-refractivity contribution in [3.8, 4) is 11.5 Å². The first kappa shape index (κ1) is 25.3. The van der Waals surface area contributed by atoms with Crippen molar-refractivity contribution in [3.05, 3.63) is 24.3 Å². The standard InChI is InChI=1S/C18H30O8S2/c19-5-13(21)9-27-11-15(23)7-25-17-2-1-3-18(4-17)26-8-16(24)12-28-10-14(22)6-20/h1-4,13-16,19-24H,5-12H2. The van der Waals surface area contributed by atoms with Crippen LogP contribution in [0.4, 0.5) is 0 Å². The number of ether oxygens (including phenoxy) is 2. The molecule has 0 heterocycles. The Morgan fingerprint density at radius 2 is 1.07 bits per heavy atom. The largest absolute Gasteiger partial charge is 0.491 e. The molecule has 0 aliphatic rings. The predicted octanol–water partition coefficient (Wildman–Crippen LogP) is -0.661. The second kappa shape index (κ2) is 15.2. The molecule has 10 heteroatoms. The van der Waals surface area contributed by atoms with Crippen LogP contribution in [0.15, 0.2) is 24.3 Å². The van der Waals surface area contributed by atoms with Crippen molar-refractivity contribution in [2.75, 3.05) is 49.4 Å². The lowest BCUT2D eigenvalue weighted by Crippen LogP contribution is -2.23. The van der Waals surface area contributed by atoms with Crippen molar-refractivity contribution in [3.63, 3.8) is 0 Å². The fourth-order valence-corrected chi connectivity index (χ4v) is 3.68. The molecular weight excluding hydrogens is 408 g/mol. The van der Waals surface area contributed by atoms with Gasteiger partial charge >= 0.3 is 0 Å². The number of hydrogen-bond donors (Lipinski definition) is 6. The summed E-state index contributed by atoms with van der Waals surface area (Å²) in [6.45, 7) is -0.439. The zero-order valence-electron chi connectivity index (χ0n) is 15.6. The number of rotatable bonds is 16. The topological polar surface area (TPSA) is 140 Å². The fraction of sp³-hybridized carbons (Fsp3) is 0.667. The lowest BCUT2D eigenvalue weighted by Gasteiger charge is -2.15. The van der Waals surface area contributed by atoms with E-state index >= 15 is 0 Å². The molecule has 0 aliphatic heterocycles. The highest BCUT2D eigenvalue weighted by Gasteiger charge is 2.10. The summed E-state index contributed by atoms with van der Waals surface area (Å²) in [5, 5.41) is 55.7. The van der Waals surface area contributed by atoms with E-state index in [0.29, 0.717) is 34.5 Å². The van der Waals surface area contributed by atoms with Gasteiger partial charge in [-0.25, -0.2) is 0 Å². The van der Waals surface area contributed by atoms with E-state index in [4.69, 9.17) is 19.7 Å². The van der Waals surface area contributed by atoms with Crippen LogP contribution in [0, 0.1) is 0 Å². The molecule has 162 valence electrons. The van der Waals surface area contributed by atoms with Crippen LogP contribution >= 0.6 is 23.5 Å². The van der Waals surface area contributed by atoms with Crippen molar-refractivity contribution >= 4 is 23.5 Å². The third-order valence-corrected chi connectivity index (χ3v) is 5.83. The molecule has 0 fully saturated rings. The van der Waals surface area contributed by atoms with Gasteiger partial charge in [0.25, 0.3) is 0 Å². The molecule has 1 rings (SSSR count). The number of aliphatic hydroxyl groups excluding tert-OH is 6. The van der Waals surface area contributed by atoms with Crippen LogP contribution in [-0.2, 0) is 0 Å². The highest BCUT2D eigenvalue weighted by molar-refractivity contribution is 7.99. The summed E-state index contributed by atoms with van der Waals surface area (Å²) in [5.41, 5.74) is 0. The first-order chi connectivity index (χ1) is 13.4. The Kier molecular flexibility index (Phi) is 13.7. The lowest BCUT2D eigenvalue weighted by molar-refractivity contribution is 0.112. The average Bonchev–Trinajstić information content (AvgIpc) is 2.70. The Balaban J connectivity index is 2.27. The summed E-state index contributed by atoms with van der Waals surface area (Å²) in [4.78, 5) is 0. The maximum Gasteiger partial charge on any atom is 0.123 e. The molecule has 0 radical (unpaired) electrons. The molecule has 0 saturated heterocycles. The van der Waals surface area contributed by atoms with Crippen LogP contribution in [0.3, 0.4) is 0 Å². The number of hydrogen-bond acceptors (Lipinski definition) is 10. The number of aliphatic hydroxyl groups is 6. The van der Waals surface area contributed by atoms with Gasteiger partial charge in [-0.2, -0.15) is 23.5 Å². The van der Waals surface area contributed by atoms with Crippen LogP contribution in [0.25, 0.3) is 0 Å². The molecule has 0 aliphatic carbocycles. The van der Waals surface area contributed by atoms with Gasteiger partial charge in [-0.1, -0.05) is 6.07 Å². The van der Waals surface area contributed by atoms with Gasteiger partial charge in [-0.05, 0) is 12.1 Å². The predicted molar refractivity (Wildman–Crippen MR) is 110 cm³/mol. The van der Waals surface area contributed by atoms with E-state index in [1.165, 1.54) is 23.5 Å². The van der Waals surface area contributed by atoms with Crippen molar-refractivity contribution in [1.29, 1.82) is 0 Å². The quantitative estimate of drug-likeness (QED) is 0.197. The molecule has 4 unspecified atom stereocenters.